The Morgan fingerprint density at radius 3 is 2.57 bits per heavy atom. The van der Waals surface area contributed by atoms with Crippen LogP contribution in [0.5, 0.6) is 0 Å². The van der Waals surface area contributed by atoms with Gasteiger partial charge < -0.3 is 5.32 Å². The molecule has 0 spiro atoms. The molecule has 0 aromatic heterocycles. The molecule has 2 aliphatic rings. The lowest BCUT2D eigenvalue weighted by Crippen LogP contribution is -2.45. The van der Waals surface area contributed by atoms with Crippen molar-refractivity contribution in [1.82, 2.24) is 5.32 Å². The van der Waals surface area contributed by atoms with Gasteiger partial charge in [-0.15, -0.1) is 0 Å². The van der Waals surface area contributed by atoms with E-state index in [9.17, 15) is 0 Å². The second kappa shape index (κ2) is 5.28. The van der Waals surface area contributed by atoms with E-state index in [0.29, 0.717) is 12.0 Å². The normalized spacial score (nSPS) is 30.0. The molecule has 1 aromatic carbocycles. The Balaban J connectivity index is 1.90. The highest BCUT2D eigenvalue weighted by molar-refractivity contribution is 5.62. The maximum atomic E-state index is 3.83. The maximum absolute atomic E-state index is 3.83. The molecule has 1 aromatic rings. The van der Waals surface area contributed by atoms with E-state index in [4.69, 9.17) is 0 Å². The first kappa shape index (κ1) is 14.8. The van der Waals surface area contributed by atoms with Crippen LogP contribution in [0.2, 0.25) is 0 Å². The first-order valence-electron chi connectivity index (χ1n) is 8.47. The van der Waals surface area contributed by atoms with Gasteiger partial charge in [0, 0.05) is 11.6 Å². The second-order valence-corrected chi connectivity index (χ2v) is 7.58. The molecule has 114 valence electrons. The van der Waals surface area contributed by atoms with Crippen LogP contribution in [0.1, 0.15) is 62.3 Å². The minimum atomic E-state index is 0.280. The summed E-state index contributed by atoms with van der Waals surface area (Å²) in [6.45, 7) is 11.6. The minimum absolute atomic E-state index is 0.280. The van der Waals surface area contributed by atoms with E-state index in [0.717, 1.165) is 0 Å². The topological polar surface area (TPSA) is 12.0 Å². The third-order valence-corrected chi connectivity index (χ3v) is 5.96. The summed E-state index contributed by atoms with van der Waals surface area (Å²) in [7, 11) is 0. The van der Waals surface area contributed by atoms with E-state index in [2.05, 4.69) is 58.1 Å². The fraction of sp³-hybridized carbons (Fsp3) is 0.600. The van der Waals surface area contributed by atoms with E-state index in [1.54, 1.807) is 5.57 Å². The van der Waals surface area contributed by atoms with Gasteiger partial charge in [-0.2, -0.15) is 0 Å². The number of benzene rings is 1. The van der Waals surface area contributed by atoms with Gasteiger partial charge in [-0.1, -0.05) is 30.7 Å². The number of aryl methyl sites for hydroxylation is 3. The molecule has 0 bridgehead atoms. The van der Waals surface area contributed by atoms with Crippen LogP contribution in [-0.4, -0.2) is 11.6 Å². The van der Waals surface area contributed by atoms with Crippen LogP contribution in [0, 0.1) is 19.8 Å². The van der Waals surface area contributed by atoms with E-state index in [1.807, 2.05) is 0 Å². The first-order valence-corrected chi connectivity index (χ1v) is 8.47. The number of hydrogen-bond acceptors (Lipinski definition) is 1. The summed E-state index contributed by atoms with van der Waals surface area (Å²) < 4.78 is 0. The Bertz CT molecular complexity index is 584. The summed E-state index contributed by atoms with van der Waals surface area (Å²) in [5.41, 5.74) is 7.75. The van der Waals surface area contributed by atoms with Crippen molar-refractivity contribution in [3.8, 4) is 0 Å². The predicted molar refractivity (Wildman–Crippen MR) is 91.6 cm³/mol. The first-order chi connectivity index (χ1) is 9.89. The Hall–Kier alpha value is -1.08. The average molecular weight is 283 g/mol. The summed E-state index contributed by atoms with van der Waals surface area (Å²) in [6, 6.07) is 5.43. The average Bonchev–Trinajstić information content (AvgIpc) is 2.80. The fourth-order valence-corrected chi connectivity index (χ4v) is 4.12. The SMILES string of the molecule is Cc1cc2c(cc1C)CCC(C(C)C1(C)CCC(C)N1)=C2. The van der Waals surface area contributed by atoms with Crippen molar-refractivity contribution >= 4 is 6.08 Å². The van der Waals surface area contributed by atoms with Crippen LogP contribution in [0.3, 0.4) is 0 Å². The van der Waals surface area contributed by atoms with Crippen molar-refractivity contribution in [2.45, 2.75) is 71.9 Å². The zero-order valence-corrected chi connectivity index (χ0v) is 14.2. The zero-order valence-electron chi connectivity index (χ0n) is 14.2. The molecule has 1 fully saturated rings. The summed E-state index contributed by atoms with van der Waals surface area (Å²) in [6.07, 6.45) is 7.52. The molecular weight excluding hydrogens is 254 g/mol. The summed E-state index contributed by atoms with van der Waals surface area (Å²) in [5, 5.41) is 3.83. The molecule has 3 rings (SSSR count). The number of fused-ring (bicyclic) bond motifs is 1. The molecule has 1 aliphatic carbocycles. The summed E-state index contributed by atoms with van der Waals surface area (Å²) in [4.78, 5) is 0. The molecule has 3 unspecified atom stereocenters. The van der Waals surface area contributed by atoms with Gasteiger partial charge in [0.15, 0.2) is 0 Å². The van der Waals surface area contributed by atoms with Crippen molar-refractivity contribution in [3.05, 3.63) is 40.0 Å². The highest BCUT2D eigenvalue weighted by Crippen LogP contribution is 2.39. The van der Waals surface area contributed by atoms with Crippen LogP contribution in [0.15, 0.2) is 17.7 Å². The maximum Gasteiger partial charge on any atom is 0.0219 e. The molecule has 1 aliphatic heterocycles. The third-order valence-electron chi connectivity index (χ3n) is 5.96. The largest absolute Gasteiger partial charge is 0.308 e. The molecule has 21 heavy (non-hydrogen) atoms. The van der Waals surface area contributed by atoms with E-state index < -0.39 is 0 Å². The lowest BCUT2D eigenvalue weighted by molar-refractivity contribution is 0.301. The van der Waals surface area contributed by atoms with E-state index in [-0.39, 0.29) is 5.54 Å². The highest BCUT2D eigenvalue weighted by Gasteiger charge is 2.38. The lowest BCUT2D eigenvalue weighted by Gasteiger charge is -2.36. The Labute approximate surface area is 129 Å². The Morgan fingerprint density at radius 1 is 1.19 bits per heavy atom. The van der Waals surface area contributed by atoms with E-state index >= 15 is 0 Å². The molecule has 0 radical (unpaired) electrons. The van der Waals surface area contributed by atoms with Gasteiger partial charge in [-0.3, -0.25) is 0 Å². The number of rotatable bonds is 2. The molecule has 0 saturated carbocycles. The van der Waals surface area contributed by atoms with E-state index in [1.165, 1.54) is 47.9 Å². The molecule has 1 heteroatoms. The van der Waals surface area contributed by atoms with Crippen molar-refractivity contribution in [1.29, 1.82) is 0 Å². The molecule has 1 saturated heterocycles. The third kappa shape index (κ3) is 2.68. The van der Waals surface area contributed by atoms with Crippen molar-refractivity contribution in [2.75, 3.05) is 0 Å². The minimum Gasteiger partial charge on any atom is -0.308 e. The molecule has 0 amide bonds. The monoisotopic (exact) mass is 283 g/mol. The number of hydrogen-bond donors (Lipinski definition) is 1. The van der Waals surface area contributed by atoms with Gasteiger partial charge >= 0.3 is 0 Å². The second-order valence-electron chi connectivity index (χ2n) is 7.58. The van der Waals surface area contributed by atoms with Gasteiger partial charge in [0.25, 0.3) is 0 Å². The Morgan fingerprint density at radius 2 is 1.90 bits per heavy atom. The zero-order chi connectivity index (χ0) is 15.2. The smallest absolute Gasteiger partial charge is 0.0219 e. The highest BCUT2D eigenvalue weighted by atomic mass is 15.0. The van der Waals surface area contributed by atoms with Crippen LogP contribution in [0.4, 0.5) is 0 Å². The van der Waals surface area contributed by atoms with Gasteiger partial charge in [-0.25, -0.2) is 0 Å². The van der Waals surface area contributed by atoms with Gasteiger partial charge in [0.1, 0.15) is 0 Å². The molecule has 3 atom stereocenters. The van der Waals surface area contributed by atoms with Gasteiger partial charge in [-0.05, 0) is 81.5 Å². The van der Waals surface area contributed by atoms with Gasteiger partial charge in [0.05, 0.1) is 0 Å². The Kier molecular flexibility index (Phi) is 3.73. The van der Waals surface area contributed by atoms with Crippen LogP contribution >= 0.6 is 0 Å². The van der Waals surface area contributed by atoms with Gasteiger partial charge in [0.2, 0.25) is 0 Å². The van der Waals surface area contributed by atoms with Crippen LogP contribution in [-0.2, 0) is 6.42 Å². The number of nitrogens with one attached hydrogen (secondary N) is 1. The van der Waals surface area contributed by atoms with Crippen LogP contribution < -0.4 is 5.32 Å². The predicted octanol–water partition coefficient (Wildman–Crippen LogP) is 4.80. The molecule has 1 heterocycles. The fourth-order valence-electron chi connectivity index (χ4n) is 4.12. The lowest BCUT2D eigenvalue weighted by atomic mass is 9.76. The summed E-state index contributed by atoms with van der Waals surface area (Å²) >= 11 is 0. The quantitative estimate of drug-likeness (QED) is 0.822. The molecular formula is C20H29N. The van der Waals surface area contributed by atoms with Crippen molar-refractivity contribution in [2.24, 2.45) is 5.92 Å². The molecule has 1 nitrogen and oxygen atoms in total. The standard InChI is InChI=1S/C20H29N/c1-13-10-18-7-6-17(12-19(18)11-14(13)2)16(4)20(5)9-8-15(3)21-20/h10-12,15-16,21H,6-9H2,1-5H3. The summed E-state index contributed by atoms with van der Waals surface area (Å²) in [5.74, 6) is 0.622. The van der Waals surface area contributed by atoms with Crippen molar-refractivity contribution in [3.63, 3.8) is 0 Å². The molecule has 1 N–H and O–H groups in total. The van der Waals surface area contributed by atoms with Crippen molar-refractivity contribution < 1.29 is 0 Å². The van der Waals surface area contributed by atoms with Crippen LogP contribution in [0.25, 0.3) is 6.08 Å².